The Labute approximate surface area is 121 Å². The van der Waals surface area contributed by atoms with Crippen LogP contribution >= 0.6 is 0 Å². The molecular weight excluding hydrogens is 246 g/mol. The quantitative estimate of drug-likeness (QED) is 0.656. The molecule has 0 aromatic heterocycles. The van der Waals surface area contributed by atoms with E-state index < -0.39 is 0 Å². The number of rotatable bonds is 3. The largest absolute Gasteiger partial charge is 0.387 e. The third-order valence-corrected chi connectivity index (χ3v) is 4.92. The van der Waals surface area contributed by atoms with Crippen LogP contribution in [0.3, 0.4) is 0 Å². The molecule has 2 unspecified atom stereocenters. The lowest BCUT2D eigenvalue weighted by atomic mass is 9.82. The van der Waals surface area contributed by atoms with Crippen molar-refractivity contribution in [2.24, 2.45) is 11.7 Å². The Morgan fingerprint density at radius 3 is 2.95 bits per heavy atom. The molecule has 1 fully saturated rings. The van der Waals surface area contributed by atoms with Crippen LogP contribution in [0.15, 0.2) is 24.3 Å². The van der Waals surface area contributed by atoms with Crippen LogP contribution in [-0.4, -0.2) is 30.4 Å². The molecule has 0 saturated carbocycles. The van der Waals surface area contributed by atoms with E-state index in [1.54, 1.807) is 11.1 Å². The molecule has 3 N–H and O–H groups in total. The second-order valence-corrected chi connectivity index (χ2v) is 6.34. The first-order chi connectivity index (χ1) is 9.74. The van der Waals surface area contributed by atoms with Crippen molar-refractivity contribution in [3.63, 3.8) is 0 Å². The maximum atomic E-state index is 7.67. The minimum absolute atomic E-state index is 0.280. The van der Waals surface area contributed by atoms with Gasteiger partial charge in [0, 0.05) is 19.0 Å². The topological polar surface area (TPSA) is 53.1 Å². The van der Waals surface area contributed by atoms with E-state index in [1.807, 2.05) is 0 Å². The standard InChI is InChI=1S/C17H25N3/c18-17(19)15-8-4-10-20(12-15)11-14-7-3-6-13-5-1-2-9-16(13)14/h1-2,5,9,14-15H,3-4,6-8,10-12H2,(H3,18,19). The second kappa shape index (κ2) is 5.96. The SMILES string of the molecule is N=C(N)C1CCCN(CC2CCCc3ccccc32)C1. The summed E-state index contributed by atoms with van der Waals surface area (Å²) in [6.45, 7) is 3.29. The van der Waals surface area contributed by atoms with Gasteiger partial charge in [0.05, 0.1) is 5.84 Å². The van der Waals surface area contributed by atoms with Crippen LogP contribution in [0, 0.1) is 11.3 Å². The van der Waals surface area contributed by atoms with E-state index >= 15 is 0 Å². The summed E-state index contributed by atoms with van der Waals surface area (Å²) in [4.78, 5) is 2.53. The molecule has 3 heteroatoms. The molecule has 1 aliphatic heterocycles. The van der Waals surface area contributed by atoms with E-state index in [0.717, 1.165) is 19.5 Å². The minimum Gasteiger partial charge on any atom is -0.387 e. The number of benzene rings is 1. The molecule has 20 heavy (non-hydrogen) atoms. The fourth-order valence-electron chi connectivity index (χ4n) is 3.83. The van der Waals surface area contributed by atoms with E-state index in [1.165, 1.54) is 32.2 Å². The molecule has 0 spiro atoms. The summed E-state index contributed by atoms with van der Waals surface area (Å²) in [7, 11) is 0. The predicted molar refractivity (Wildman–Crippen MR) is 83.2 cm³/mol. The number of hydrogen-bond acceptors (Lipinski definition) is 2. The first-order valence-electron chi connectivity index (χ1n) is 7.88. The maximum Gasteiger partial charge on any atom is 0.0949 e. The van der Waals surface area contributed by atoms with Crippen molar-refractivity contribution in [2.45, 2.75) is 38.0 Å². The average Bonchev–Trinajstić information content (AvgIpc) is 2.48. The number of hydrogen-bond donors (Lipinski definition) is 2. The third kappa shape index (κ3) is 2.88. The number of nitrogens with two attached hydrogens (primary N) is 1. The molecule has 2 aliphatic rings. The van der Waals surface area contributed by atoms with Gasteiger partial charge in [-0.1, -0.05) is 24.3 Å². The first kappa shape index (κ1) is 13.6. The molecular formula is C17H25N3. The highest BCUT2D eigenvalue weighted by Gasteiger charge is 2.26. The molecule has 0 radical (unpaired) electrons. The summed E-state index contributed by atoms with van der Waals surface area (Å²) in [5.41, 5.74) is 8.80. The highest BCUT2D eigenvalue weighted by molar-refractivity contribution is 5.79. The number of nitrogens with one attached hydrogen (secondary N) is 1. The normalized spacial score (nSPS) is 27.0. The van der Waals surface area contributed by atoms with Crippen molar-refractivity contribution >= 4 is 5.84 Å². The Kier molecular flexibility index (Phi) is 4.06. The Hall–Kier alpha value is -1.35. The average molecular weight is 271 g/mol. The summed E-state index contributed by atoms with van der Waals surface area (Å²) < 4.78 is 0. The fourth-order valence-corrected chi connectivity index (χ4v) is 3.83. The van der Waals surface area contributed by atoms with Crippen LogP contribution in [0.5, 0.6) is 0 Å². The minimum atomic E-state index is 0.280. The molecule has 0 bridgehead atoms. The highest BCUT2D eigenvalue weighted by atomic mass is 15.1. The van der Waals surface area contributed by atoms with Crippen LogP contribution in [-0.2, 0) is 6.42 Å². The number of likely N-dealkylation sites (tertiary alicyclic amines) is 1. The number of amidine groups is 1. The van der Waals surface area contributed by atoms with E-state index in [-0.39, 0.29) is 5.92 Å². The maximum absolute atomic E-state index is 7.67. The molecule has 3 nitrogen and oxygen atoms in total. The van der Waals surface area contributed by atoms with Gasteiger partial charge in [0.1, 0.15) is 0 Å². The zero-order chi connectivity index (χ0) is 13.9. The van der Waals surface area contributed by atoms with Crippen molar-refractivity contribution < 1.29 is 0 Å². The molecule has 1 saturated heterocycles. The Balaban J connectivity index is 1.68. The third-order valence-electron chi connectivity index (χ3n) is 4.92. The molecule has 1 aromatic carbocycles. The van der Waals surface area contributed by atoms with Crippen molar-refractivity contribution in [1.82, 2.24) is 4.90 Å². The zero-order valence-electron chi connectivity index (χ0n) is 12.1. The lowest BCUT2D eigenvalue weighted by Crippen LogP contribution is -2.42. The van der Waals surface area contributed by atoms with Gasteiger partial charge in [-0.2, -0.15) is 0 Å². The molecule has 1 aliphatic carbocycles. The summed E-state index contributed by atoms with van der Waals surface area (Å²) in [6.07, 6.45) is 6.12. The van der Waals surface area contributed by atoms with Gasteiger partial charge in [0.15, 0.2) is 0 Å². The molecule has 1 heterocycles. The van der Waals surface area contributed by atoms with Gasteiger partial charge in [-0.3, -0.25) is 5.41 Å². The van der Waals surface area contributed by atoms with Gasteiger partial charge in [-0.25, -0.2) is 0 Å². The first-order valence-corrected chi connectivity index (χ1v) is 7.88. The lowest BCUT2D eigenvalue weighted by molar-refractivity contribution is 0.187. The smallest absolute Gasteiger partial charge is 0.0949 e. The molecule has 3 rings (SSSR count). The number of aryl methyl sites for hydroxylation is 1. The van der Waals surface area contributed by atoms with Crippen LogP contribution in [0.4, 0.5) is 0 Å². The van der Waals surface area contributed by atoms with Gasteiger partial charge in [-0.15, -0.1) is 0 Å². The van der Waals surface area contributed by atoms with Crippen LogP contribution in [0.25, 0.3) is 0 Å². The van der Waals surface area contributed by atoms with Crippen molar-refractivity contribution in [3.05, 3.63) is 35.4 Å². The van der Waals surface area contributed by atoms with Gasteiger partial charge < -0.3 is 10.6 Å². The van der Waals surface area contributed by atoms with Crippen LogP contribution in [0.1, 0.15) is 42.7 Å². The second-order valence-electron chi connectivity index (χ2n) is 6.34. The Morgan fingerprint density at radius 1 is 1.25 bits per heavy atom. The molecule has 2 atom stereocenters. The van der Waals surface area contributed by atoms with E-state index in [4.69, 9.17) is 11.1 Å². The number of fused-ring (bicyclic) bond motifs is 1. The van der Waals surface area contributed by atoms with Gasteiger partial charge >= 0.3 is 0 Å². The zero-order valence-corrected chi connectivity index (χ0v) is 12.1. The lowest BCUT2D eigenvalue weighted by Gasteiger charge is -2.36. The van der Waals surface area contributed by atoms with E-state index in [2.05, 4.69) is 29.2 Å². The summed E-state index contributed by atoms with van der Waals surface area (Å²) >= 11 is 0. The molecule has 0 amide bonds. The van der Waals surface area contributed by atoms with Crippen molar-refractivity contribution in [3.8, 4) is 0 Å². The Morgan fingerprint density at radius 2 is 2.10 bits per heavy atom. The summed E-state index contributed by atoms with van der Waals surface area (Å²) in [5, 5.41) is 7.67. The van der Waals surface area contributed by atoms with Gasteiger partial charge in [0.2, 0.25) is 0 Å². The van der Waals surface area contributed by atoms with Crippen LogP contribution < -0.4 is 5.73 Å². The van der Waals surface area contributed by atoms with Crippen molar-refractivity contribution in [1.29, 1.82) is 5.41 Å². The summed E-state index contributed by atoms with van der Waals surface area (Å²) in [5.74, 6) is 1.33. The van der Waals surface area contributed by atoms with Crippen molar-refractivity contribution in [2.75, 3.05) is 19.6 Å². The van der Waals surface area contributed by atoms with E-state index in [9.17, 15) is 0 Å². The van der Waals surface area contributed by atoms with Gasteiger partial charge in [-0.05, 0) is 55.7 Å². The van der Waals surface area contributed by atoms with Gasteiger partial charge in [0.25, 0.3) is 0 Å². The molecule has 108 valence electrons. The molecule has 1 aromatic rings. The number of piperidine rings is 1. The Bertz CT molecular complexity index is 483. The monoisotopic (exact) mass is 271 g/mol. The summed E-state index contributed by atoms with van der Waals surface area (Å²) in [6, 6.07) is 8.93. The fraction of sp³-hybridized carbons (Fsp3) is 0.588. The highest BCUT2D eigenvalue weighted by Crippen LogP contribution is 2.32. The van der Waals surface area contributed by atoms with E-state index in [0.29, 0.717) is 11.8 Å². The number of nitrogens with zero attached hydrogens (tertiary/aromatic N) is 1. The van der Waals surface area contributed by atoms with Crippen LogP contribution in [0.2, 0.25) is 0 Å². The predicted octanol–water partition coefficient (Wildman–Crippen LogP) is 2.75.